The van der Waals surface area contributed by atoms with Crippen LogP contribution in [0.1, 0.15) is 40.0 Å². The Morgan fingerprint density at radius 1 is 1.36 bits per heavy atom. The van der Waals surface area contributed by atoms with Crippen molar-refractivity contribution in [2.24, 2.45) is 5.92 Å². The number of urea groups is 1. The zero-order valence-electron chi connectivity index (χ0n) is 13.8. The number of nitrogens with one attached hydrogen (secondary N) is 2. The fourth-order valence-electron chi connectivity index (χ4n) is 2.38. The molecule has 124 valence electrons. The van der Waals surface area contributed by atoms with Crippen LogP contribution in [0.15, 0.2) is 0 Å². The second kappa shape index (κ2) is 8.52. The Labute approximate surface area is 133 Å². The van der Waals surface area contributed by atoms with Crippen LogP contribution in [0.5, 0.6) is 0 Å². The molecule has 0 aromatic rings. The van der Waals surface area contributed by atoms with Crippen molar-refractivity contribution in [1.82, 2.24) is 15.5 Å². The molecule has 1 unspecified atom stereocenters. The van der Waals surface area contributed by atoms with Crippen LogP contribution < -0.4 is 10.6 Å². The maximum absolute atomic E-state index is 12.1. The van der Waals surface area contributed by atoms with E-state index in [9.17, 15) is 9.59 Å². The Morgan fingerprint density at radius 2 is 2.09 bits per heavy atom. The van der Waals surface area contributed by atoms with E-state index in [4.69, 9.17) is 11.2 Å². The van der Waals surface area contributed by atoms with Gasteiger partial charge in [-0.1, -0.05) is 5.92 Å². The lowest BCUT2D eigenvalue weighted by molar-refractivity contribution is 0.0162. The summed E-state index contributed by atoms with van der Waals surface area (Å²) in [6.45, 7) is 7.82. The number of nitrogens with zero attached hydrogens (tertiary/aromatic N) is 1. The van der Waals surface area contributed by atoms with E-state index in [1.165, 1.54) is 0 Å². The summed E-state index contributed by atoms with van der Waals surface area (Å²) in [7, 11) is 0. The molecule has 1 heterocycles. The first-order valence-corrected chi connectivity index (χ1v) is 7.75. The van der Waals surface area contributed by atoms with E-state index in [-0.39, 0.29) is 18.7 Å². The van der Waals surface area contributed by atoms with E-state index < -0.39 is 5.60 Å². The molecule has 6 nitrogen and oxygen atoms in total. The molecule has 6 heteroatoms. The summed E-state index contributed by atoms with van der Waals surface area (Å²) in [6.07, 6.45) is 7.68. The molecule has 0 spiro atoms. The van der Waals surface area contributed by atoms with Crippen LogP contribution in [0.3, 0.4) is 0 Å². The maximum Gasteiger partial charge on any atom is 0.410 e. The molecular weight excluding hydrogens is 282 g/mol. The van der Waals surface area contributed by atoms with E-state index in [1.807, 2.05) is 20.8 Å². The highest BCUT2D eigenvalue weighted by atomic mass is 16.6. The molecule has 0 aromatic heterocycles. The molecular formula is C16H27N3O3. The summed E-state index contributed by atoms with van der Waals surface area (Å²) in [4.78, 5) is 25.2. The lowest BCUT2D eigenvalue weighted by Gasteiger charge is -2.34. The molecule has 22 heavy (non-hydrogen) atoms. The van der Waals surface area contributed by atoms with Gasteiger partial charge in [0, 0.05) is 19.6 Å². The predicted molar refractivity (Wildman–Crippen MR) is 85.4 cm³/mol. The molecule has 1 aliphatic heterocycles. The highest BCUT2D eigenvalue weighted by molar-refractivity contribution is 5.74. The van der Waals surface area contributed by atoms with Crippen molar-refractivity contribution in [1.29, 1.82) is 0 Å². The van der Waals surface area contributed by atoms with Crippen molar-refractivity contribution >= 4 is 12.1 Å². The number of terminal acetylenes is 1. The number of carbonyl (C=O) groups is 2. The summed E-state index contributed by atoms with van der Waals surface area (Å²) in [5.41, 5.74) is -0.472. The van der Waals surface area contributed by atoms with Gasteiger partial charge in [0.2, 0.25) is 0 Å². The first-order chi connectivity index (χ1) is 10.3. The van der Waals surface area contributed by atoms with Crippen LogP contribution in [0.25, 0.3) is 0 Å². The molecule has 0 aliphatic carbocycles. The summed E-state index contributed by atoms with van der Waals surface area (Å²) in [6, 6.07) is -0.252. The van der Waals surface area contributed by atoms with Gasteiger partial charge in [-0.25, -0.2) is 9.59 Å². The third-order valence-electron chi connectivity index (χ3n) is 3.36. The van der Waals surface area contributed by atoms with E-state index in [0.29, 0.717) is 19.0 Å². The SMILES string of the molecule is C#CCNC(=O)NCCC1CCCN(C(=O)OC(C)(C)C)C1. The number of hydrogen-bond donors (Lipinski definition) is 2. The standard InChI is InChI=1S/C16H27N3O3/c1-5-9-17-14(20)18-10-8-13-7-6-11-19(12-13)15(21)22-16(2,3)4/h1,13H,6-12H2,2-4H3,(H2,17,18,20). The highest BCUT2D eigenvalue weighted by Crippen LogP contribution is 2.21. The molecule has 1 saturated heterocycles. The molecule has 0 radical (unpaired) electrons. The van der Waals surface area contributed by atoms with Gasteiger partial charge in [-0.15, -0.1) is 6.42 Å². The minimum Gasteiger partial charge on any atom is -0.444 e. The largest absolute Gasteiger partial charge is 0.444 e. The van der Waals surface area contributed by atoms with Crippen molar-refractivity contribution in [3.63, 3.8) is 0 Å². The Morgan fingerprint density at radius 3 is 2.73 bits per heavy atom. The lowest BCUT2D eigenvalue weighted by atomic mass is 9.95. The maximum atomic E-state index is 12.1. The molecule has 2 N–H and O–H groups in total. The second-order valence-electron chi connectivity index (χ2n) is 6.54. The predicted octanol–water partition coefficient (Wildman–Crippen LogP) is 1.96. The zero-order chi connectivity index (χ0) is 16.6. The van der Waals surface area contributed by atoms with Gasteiger partial charge in [0.15, 0.2) is 0 Å². The van der Waals surface area contributed by atoms with Crippen LogP contribution in [-0.4, -0.2) is 48.8 Å². The molecule has 1 fully saturated rings. The number of carbonyl (C=O) groups excluding carboxylic acids is 2. The number of amides is 3. The number of piperidine rings is 1. The van der Waals surface area contributed by atoms with Gasteiger partial charge in [-0.2, -0.15) is 0 Å². The fourth-order valence-corrected chi connectivity index (χ4v) is 2.38. The monoisotopic (exact) mass is 309 g/mol. The summed E-state index contributed by atoms with van der Waals surface area (Å²) < 4.78 is 5.40. The van der Waals surface area contributed by atoms with E-state index in [0.717, 1.165) is 25.8 Å². The Balaban J connectivity index is 2.30. The zero-order valence-corrected chi connectivity index (χ0v) is 13.8. The van der Waals surface area contributed by atoms with E-state index in [1.54, 1.807) is 4.90 Å². The minimum absolute atomic E-state index is 0.224. The smallest absolute Gasteiger partial charge is 0.410 e. The van der Waals surface area contributed by atoms with Gasteiger partial charge in [-0.3, -0.25) is 0 Å². The molecule has 1 atom stereocenters. The van der Waals surface area contributed by atoms with Crippen LogP contribution in [0.4, 0.5) is 9.59 Å². The third kappa shape index (κ3) is 7.21. The number of ether oxygens (including phenoxy) is 1. The molecule has 3 amide bonds. The van der Waals surface area contributed by atoms with Crippen LogP contribution in [-0.2, 0) is 4.74 Å². The Kier molecular flexibility index (Phi) is 7.03. The Hall–Kier alpha value is -1.90. The van der Waals surface area contributed by atoms with Crippen LogP contribution in [0.2, 0.25) is 0 Å². The third-order valence-corrected chi connectivity index (χ3v) is 3.36. The summed E-state index contributed by atoms with van der Waals surface area (Å²) in [5, 5.41) is 5.32. The minimum atomic E-state index is -0.472. The van der Waals surface area contributed by atoms with Crippen molar-refractivity contribution in [2.75, 3.05) is 26.2 Å². The second-order valence-corrected chi connectivity index (χ2v) is 6.54. The number of hydrogen-bond acceptors (Lipinski definition) is 3. The van der Waals surface area contributed by atoms with E-state index >= 15 is 0 Å². The van der Waals surface area contributed by atoms with Crippen molar-refractivity contribution in [3.8, 4) is 12.3 Å². The van der Waals surface area contributed by atoms with E-state index in [2.05, 4.69) is 16.6 Å². The normalized spacial score (nSPS) is 18.3. The first-order valence-electron chi connectivity index (χ1n) is 7.75. The molecule has 0 bridgehead atoms. The Bertz CT molecular complexity index is 423. The van der Waals surface area contributed by atoms with Gasteiger partial charge in [0.1, 0.15) is 5.60 Å². The van der Waals surface area contributed by atoms with Gasteiger partial charge in [0.05, 0.1) is 6.54 Å². The van der Waals surface area contributed by atoms with Gasteiger partial charge in [0.25, 0.3) is 0 Å². The van der Waals surface area contributed by atoms with Gasteiger partial charge < -0.3 is 20.3 Å². The van der Waals surface area contributed by atoms with Gasteiger partial charge >= 0.3 is 12.1 Å². The van der Waals surface area contributed by atoms with Crippen molar-refractivity contribution in [2.45, 2.75) is 45.6 Å². The average molecular weight is 309 g/mol. The number of likely N-dealkylation sites (tertiary alicyclic amines) is 1. The molecule has 1 aliphatic rings. The molecule has 1 rings (SSSR count). The fraction of sp³-hybridized carbons (Fsp3) is 0.750. The van der Waals surface area contributed by atoms with Gasteiger partial charge in [-0.05, 0) is 46.0 Å². The van der Waals surface area contributed by atoms with Crippen LogP contribution >= 0.6 is 0 Å². The number of rotatable bonds is 4. The van der Waals surface area contributed by atoms with Crippen molar-refractivity contribution in [3.05, 3.63) is 0 Å². The average Bonchev–Trinajstić information content (AvgIpc) is 2.43. The first kappa shape index (κ1) is 18.1. The summed E-state index contributed by atoms with van der Waals surface area (Å²) >= 11 is 0. The highest BCUT2D eigenvalue weighted by Gasteiger charge is 2.27. The van der Waals surface area contributed by atoms with Crippen molar-refractivity contribution < 1.29 is 14.3 Å². The van der Waals surface area contributed by atoms with Crippen LogP contribution in [0, 0.1) is 18.3 Å². The summed E-state index contributed by atoms with van der Waals surface area (Å²) in [5.74, 6) is 2.73. The quantitative estimate of drug-likeness (QED) is 0.780. The molecule has 0 saturated carbocycles. The topological polar surface area (TPSA) is 70.7 Å². The lowest BCUT2D eigenvalue weighted by Crippen LogP contribution is -2.44. The molecule has 0 aromatic carbocycles.